The number of hydrogen-bond acceptors (Lipinski definition) is 3. The van der Waals surface area contributed by atoms with Gasteiger partial charge in [0.25, 0.3) is 0 Å². The monoisotopic (exact) mass is 276 g/mol. The number of aliphatic carboxylic acids is 1. The van der Waals surface area contributed by atoms with Crippen LogP contribution in [-0.4, -0.2) is 22.1 Å². The van der Waals surface area contributed by atoms with E-state index in [1.54, 1.807) is 13.8 Å². The predicted molar refractivity (Wildman–Crippen MR) is 63.7 cm³/mol. The van der Waals surface area contributed by atoms with Gasteiger partial charge in [-0.15, -0.1) is 0 Å². The summed E-state index contributed by atoms with van der Waals surface area (Å²) in [5, 5.41) is 11.5. The van der Waals surface area contributed by atoms with Gasteiger partial charge in [-0.2, -0.15) is 13.2 Å². The maximum atomic E-state index is 12.5. The molecule has 0 saturated carbocycles. The molecule has 0 aliphatic rings. The van der Waals surface area contributed by atoms with Crippen molar-refractivity contribution in [3.8, 4) is 0 Å². The van der Waals surface area contributed by atoms with Gasteiger partial charge in [0.1, 0.15) is 5.82 Å². The molecule has 0 aliphatic heterocycles. The van der Waals surface area contributed by atoms with Gasteiger partial charge in [0.2, 0.25) is 0 Å². The molecule has 0 aromatic carbocycles. The van der Waals surface area contributed by atoms with Crippen molar-refractivity contribution < 1.29 is 23.1 Å². The molecule has 0 spiro atoms. The lowest BCUT2D eigenvalue weighted by Gasteiger charge is -2.21. The normalized spacial score (nSPS) is 13.4. The average Bonchev–Trinajstić information content (AvgIpc) is 2.26. The zero-order valence-corrected chi connectivity index (χ0v) is 10.5. The number of carbonyl (C=O) groups is 1. The number of alkyl halides is 3. The van der Waals surface area contributed by atoms with Crippen LogP contribution in [0, 0.1) is 5.92 Å². The van der Waals surface area contributed by atoms with Crippen LogP contribution >= 0.6 is 0 Å². The van der Waals surface area contributed by atoms with Gasteiger partial charge in [0.05, 0.1) is 12.0 Å². The summed E-state index contributed by atoms with van der Waals surface area (Å²) in [4.78, 5) is 14.5. The Hall–Kier alpha value is -1.79. The zero-order valence-electron chi connectivity index (χ0n) is 10.5. The molecule has 0 amide bonds. The molecule has 1 atom stereocenters. The van der Waals surface area contributed by atoms with Gasteiger partial charge >= 0.3 is 12.1 Å². The Labute approximate surface area is 108 Å². The minimum Gasteiger partial charge on any atom is -0.481 e. The van der Waals surface area contributed by atoms with Crippen molar-refractivity contribution in [2.24, 2.45) is 5.92 Å². The Kier molecular flexibility index (Phi) is 4.74. The lowest BCUT2D eigenvalue weighted by Crippen LogP contribution is -2.29. The number of aromatic nitrogens is 1. The van der Waals surface area contributed by atoms with Crippen LogP contribution in [-0.2, 0) is 11.0 Å². The smallest absolute Gasteiger partial charge is 0.416 e. The Morgan fingerprint density at radius 3 is 2.58 bits per heavy atom. The number of anilines is 1. The maximum Gasteiger partial charge on any atom is 0.416 e. The van der Waals surface area contributed by atoms with Crippen LogP contribution in [0.25, 0.3) is 0 Å². The lowest BCUT2D eigenvalue weighted by atomic mass is 10.0. The van der Waals surface area contributed by atoms with Gasteiger partial charge in [0.15, 0.2) is 0 Å². The number of rotatable bonds is 5. The number of halogens is 3. The third-order valence-corrected chi connectivity index (χ3v) is 2.62. The van der Waals surface area contributed by atoms with E-state index in [0.717, 1.165) is 18.3 Å². The molecular formula is C12H15F3N2O2. The van der Waals surface area contributed by atoms with Crippen molar-refractivity contribution in [2.45, 2.75) is 32.5 Å². The summed E-state index contributed by atoms with van der Waals surface area (Å²) >= 11 is 0. The van der Waals surface area contributed by atoms with Crippen molar-refractivity contribution in [1.29, 1.82) is 0 Å². The molecule has 1 unspecified atom stereocenters. The summed E-state index contributed by atoms with van der Waals surface area (Å²) in [5.41, 5.74) is -0.817. The van der Waals surface area contributed by atoms with E-state index >= 15 is 0 Å². The molecule has 0 bridgehead atoms. The lowest BCUT2D eigenvalue weighted by molar-refractivity contribution is -0.138. The fourth-order valence-corrected chi connectivity index (χ4v) is 1.52. The van der Waals surface area contributed by atoms with Crippen LogP contribution in [0.3, 0.4) is 0 Å². The highest BCUT2D eigenvalue weighted by Gasteiger charge is 2.31. The van der Waals surface area contributed by atoms with E-state index < -0.39 is 23.8 Å². The van der Waals surface area contributed by atoms with Gasteiger partial charge in [-0.25, -0.2) is 4.98 Å². The largest absolute Gasteiger partial charge is 0.481 e. The number of nitrogens with zero attached hydrogens (tertiary/aromatic N) is 1. The van der Waals surface area contributed by atoms with Gasteiger partial charge < -0.3 is 10.4 Å². The second kappa shape index (κ2) is 5.90. The van der Waals surface area contributed by atoms with Crippen LogP contribution in [0.1, 0.15) is 25.8 Å². The van der Waals surface area contributed by atoms with E-state index in [9.17, 15) is 18.0 Å². The van der Waals surface area contributed by atoms with Crippen LogP contribution in [0.5, 0.6) is 0 Å². The molecular weight excluding hydrogens is 261 g/mol. The summed E-state index contributed by atoms with van der Waals surface area (Å²) in [7, 11) is 0. The topological polar surface area (TPSA) is 62.2 Å². The second-order valence-corrected chi connectivity index (χ2v) is 4.52. The Balaban J connectivity index is 2.88. The standard InChI is InChI=1S/C12H15F3N2O2/c1-7(2)9(6-11(18)19)17-10-5-8(3-4-16-10)12(13,14)15/h3-5,7,9H,6H2,1-2H3,(H,16,17)(H,18,19). The summed E-state index contributed by atoms with van der Waals surface area (Å²) in [5.74, 6) is -1.04. The number of pyridine rings is 1. The summed E-state index contributed by atoms with van der Waals surface area (Å²) in [6, 6.07) is 1.26. The zero-order chi connectivity index (χ0) is 14.6. The van der Waals surface area contributed by atoms with Crippen LogP contribution in [0.2, 0.25) is 0 Å². The Morgan fingerprint density at radius 1 is 1.47 bits per heavy atom. The first kappa shape index (κ1) is 15.3. The maximum absolute atomic E-state index is 12.5. The first-order valence-electron chi connectivity index (χ1n) is 5.71. The third-order valence-electron chi connectivity index (χ3n) is 2.62. The van der Waals surface area contributed by atoms with E-state index in [0.29, 0.717) is 0 Å². The van der Waals surface area contributed by atoms with Crippen LogP contribution in [0.15, 0.2) is 18.3 Å². The molecule has 19 heavy (non-hydrogen) atoms. The van der Waals surface area contributed by atoms with E-state index in [1.807, 2.05) is 0 Å². The number of carboxylic acids is 1. The third kappa shape index (κ3) is 4.76. The van der Waals surface area contributed by atoms with Crippen molar-refractivity contribution in [1.82, 2.24) is 4.98 Å². The predicted octanol–water partition coefficient (Wildman–Crippen LogP) is 3.01. The molecule has 1 aromatic heterocycles. The summed E-state index contributed by atoms with van der Waals surface area (Å²) < 4.78 is 37.6. The summed E-state index contributed by atoms with van der Waals surface area (Å²) in [6.45, 7) is 3.57. The Morgan fingerprint density at radius 2 is 2.11 bits per heavy atom. The fourth-order valence-electron chi connectivity index (χ4n) is 1.52. The highest BCUT2D eigenvalue weighted by Crippen LogP contribution is 2.30. The molecule has 106 valence electrons. The van der Waals surface area contributed by atoms with Gasteiger partial charge in [-0.1, -0.05) is 13.8 Å². The summed E-state index contributed by atoms with van der Waals surface area (Å²) in [6.07, 6.45) is -3.58. The fraction of sp³-hybridized carbons (Fsp3) is 0.500. The molecule has 0 aliphatic carbocycles. The van der Waals surface area contributed by atoms with Crippen molar-refractivity contribution in [2.75, 3.05) is 5.32 Å². The molecule has 0 radical (unpaired) electrons. The minimum absolute atomic E-state index is 0.0229. The molecule has 7 heteroatoms. The second-order valence-electron chi connectivity index (χ2n) is 4.52. The minimum atomic E-state index is -4.44. The number of hydrogen-bond donors (Lipinski definition) is 2. The van der Waals surface area contributed by atoms with Crippen molar-refractivity contribution >= 4 is 11.8 Å². The molecule has 1 aromatic rings. The van der Waals surface area contributed by atoms with Crippen LogP contribution < -0.4 is 5.32 Å². The molecule has 2 N–H and O–H groups in total. The van der Waals surface area contributed by atoms with Crippen molar-refractivity contribution in [3.63, 3.8) is 0 Å². The van der Waals surface area contributed by atoms with Crippen LogP contribution in [0.4, 0.5) is 19.0 Å². The van der Waals surface area contributed by atoms with E-state index in [1.165, 1.54) is 0 Å². The van der Waals surface area contributed by atoms with E-state index in [2.05, 4.69) is 10.3 Å². The molecule has 4 nitrogen and oxygen atoms in total. The SMILES string of the molecule is CC(C)C(CC(=O)O)Nc1cc(C(F)(F)F)ccn1. The van der Waals surface area contributed by atoms with E-state index in [-0.39, 0.29) is 18.2 Å². The first-order valence-corrected chi connectivity index (χ1v) is 5.71. The quantitative estimate of drug-likeness (QED) is 0.867. The van der Waals surface area contributed by atoms with E-state index in [4.69, 9.17) is 5.11 Å². The van der Waals surface area contributed by atoms with Crippen molar-refractivity contribution in [3.05, 3.63) is 23.9 Å². The highest BCUT2D eigenvalue weighted by molar-refractivity contribution is 5.68. The average molecular weight is 276 g/mol. The Bertz CT molecular complexity index is 447. The molecule has 1 rings (SSSR count). The first-order chi connectivity index (χ1) is 8.70. The molecule has 0 saturated heterocycles. The van der Waals surface area contributed by atoms with Gasteiger partial charge in [-0.3, -0.25) is 4.79 Å². The number of nitrogens with one attached hydrogen (secondary N) is 1. The number of carboxylic acid groups (broad SMARTS) is 1. The van der Waals surface area contributed by atoms with Gasteiger partial charge in [0, 0.05) is 12.2 Å². The molecule has 0 fully saturated rings. The highest BCUT2D eigenvalue weighted by atomic mass is 19.4. The van der Waals surface area contributed by atoms with Gasteiger partial charge in [-0.05, 0) is 18.1 Å². The molecule has 1 heterocycles.